The second-order valence-corrected chi connectivity index (χ2v) is 7.82. The predicted octanol–water partition coefficient (Wildman–Crippen LogP) is 4.96. The van der Waals surface area contributed by atoms with Crippen LogP contribution in [0.2, 0.25) is 5.02 Å². The Kier molecular flexibility index (Phi) is 6.60. The maximum Gasteiger partial charge on any atom is 0.317 e. The highest BCUT2D eigenvalue weighted by Gasteiger charge is 2.26. The molecule has 6 heteroatoms. The van der Waals surface area contributed by atoms with Crippen LogP contribution >= 0.6 is 23.4 Å². The fourth-order valence-corrected chi connectivity index (χ4v) is 4.04. The van der Waals surface area contributed by atoms with Crippen molar-refractivity contribution in [3.63, 3.8) is 0 Å². The maximum absolute atomic E-state index is 12.5. The largest absolute Gasteiger partial charge is 0.447 e. The standard InChI is InChI=1S/C22H20ClNO3S/c1-24(2)22(26)21(16-8-4-3-5-9-16)27-19(25)14-28-18-13-7-11-15-10-6-12-17(23)20(15)18/h3-13,21H,14H2,1-2H3/t21-/m1/s1. The zero-order chi connectivity index (χ0) is 20.1. The van der Waals surface area contributed by atoms with E-state index >= 15 is 0 Å². The van der Waals surface area contributed by atoms with Crippen LogP contribution in [0.25, 0.3) is 10.8 Å². The van der Waals surface area contributed by atoms with Crippen molar-refractivity contribution in [1.29, 1.82) is 0 Å². The molecule has 0 fully saturated rings. The van der Waals surface area contributed by atoms with Crippen LogP contribution in [0.5, 0.6) is 0 Å². The van der Waals surface area contributed by atoms with E-state index in [0.717, 1.165) is 15.7 Å². The number of amides is 1. The third kappa shape index (κ3) is 4.66. The fraction of sp³-hybridized carbons (Fsp3) is 0.182. The van der Waals surface area contributed by atoms with Gasteiger partial charge in [0.05, 0.1) is 5.75 Å². The molecule has 144 valence electrons. The summed E-state index contributed by atoms with van der Waals surface area (Å²) in [5, 5.41) is 2.56. The number of likely N-dealkylation sites (N-methyl/N-ethyl adjacent to an activating group) is 1. The van der Waals surface area contributed by atoms with Gasteiger partial charge >= 0.3 is 5.97 Å². The van der Waals surface area contributed by atoms with E-state index in [0.29, 0.717) is 10.6 Å². The number of esters is 1. The van der Waals surface area contributed by atoms with Gasteiger partial charge < -0.3 is 9.64 Å². The van der Waals surface area contributed by atoms with E-state index in [2.05, 4.69) is 0 Å². The van der Waals surface area contributed by atoms with Crippen molar-refractivity contribution >= 4 is 46.0 Å². The van der Waals surface area contributed by atoms with Gasteiger partial charge in [-0.15, -0.1) is 11.8 Å². The van der Waals surface area contributed by atoms with Gasteiger partial charge in [-0.2, -0.15) is 0 Å². The van der Waals surface area contributed by atoms with E-state index in [1.807, 2.05) is 54.6 Å². The Morgan fingerprint density at radius 3 is 2.36 bits per heavy atom. The van der Waals surface area contributed by atoms with E-state index in [4.69, 9.17) is 16.3 Å². The van der Waals surface area contributed by atoms with Crippen molar-refractivity contribution in [1.82, 2.24) is 4.90 Å². The first kappa shape index (κ1) is 20.2. The number of hydrogen-bond acceptors (Lipinski definition) is 4. The number of halogens is 1. The lowest BCUT2D eigenvalue weighted by Crippen LogP contribution is -2.31. The van der Waals surface area contributed by atoms with Crippen LogP contribution in [0.4, 0.5) is 0 Å². The van der Waals surface area contributed by atoms with Crippen molar-refractivity contribution in [3.05, 3.63) is 77.3 Å². The summed E-state index contributed by atoms with van der Waals surface area (Å²) in [6, 6.07) is 20.5. The molecule has 0 saturated heterocycles. The van der Waals surface area contributed by atoms with Crippen LogP contribution in [0.3, 0.4) is 0 Å². The molecule has 0 bridgehead atoms. The first-order chi connectivity index (χ1) is 13.5. The highest BCUT2D eigenvalue weighted by Crippen LogP contribution is 2.33. The molecule has 1 atom stereocenters. The lowest BCUT2D eigenvalue weighted by Gasteiger charge is -2.21. The fourth-order valence-electron chi connectivity index (χ4n) is 2.81. The zero-order valence-electron chi connectivity index (χ0n) is 15.6. The Balaban J connectivity index is 1.75. The summed E-state index contributed by atoms with van der Waals surface area (Å²) in [4.78, 5) is 27.3. The molecule has 3 rings (SSSR count). The number of fused-ring (bicyclic) bond motifs is 1. The van der Waals surface area contributed by atoms with Gasteiger partial charge in [0.15, 0.2) is 0 Å². The molecule has 0 unspecified atom stereocenters. The van der Waals surface area contributed by atoms with E-state index < -0.39 is 12.1 Å². The molecular formula is C22H20ClNO3S. The van der Waals surface area contributed by atoms with Crippen molar-refractivity contribution in [2.75, 3.05) is 19.8 Å². The van der Waals surface area contributed by atoms with Crippen LogP contribution in [0.15, 0.2) is 71.6 Å². The SMILES string of the molecule is CN(C)C(=O)[C@H](OC(=O)CSc1cccc2cccc(Cl)c12)c1ccccc1. The van der Waals surface area contributed by atoms with Gasteiger partial charge in [-0.1, -0.05) is 66.2 Å². The van der Waals surface area contributed by atoms with Gasteiger partial charge in [0.25, 0.3) is 5.91 Å². The highest BCUT2D eigenvalue weighted by molar-refractivity contribution is 8.00. The first-order valence-electron chi connectivity index (χ1n) is 8.73. The lowest BCUT2D eigenvalue weighted by molar-refractivity contribution is -0.157. The van der Waals surface area contributed by atoms with Gasteiger partial charge in [-0.05, 0) is 17.5 Å². The number of rotatable bonds is 6. The smallest absolute Gasteiger partial charge is 0.317 e. The van der Waals surface area contributed by atoms with Crippen LogP contribution in [-0.2, 0) is 14.3 Å². The molecular weight excluding hydrogens is 394 g/mol. The molecule has 3 aromatic carbocycles. The van der Waals surface area contributed by atoms with Gasteiger partial charge in [0.1, 0.15) is 0 Å². The molecule has 28 heavy (non-hydrogen) atoms. The second-order valence-electron chi connectivity index (χ2n) is 6.40. The number of ether oxygens (including phenoxy) is 1. The van der Waals surface area contributed by atoms with E-state index in [9.17, 15) is 9.59 Å². The van der Waals surface area contributed by atoms with Crippen LogP contribution in [0, 0.1) is 0 Å². The summed E-state index contributed by atoms with van der Waals surface area (Å²) in [7, 11) is 3.28. The second kappa shape index (κ2) is 9.13. The number of hydrogen-bond donors (Lipinski definition) is 0. The molecule has 0 saturated carbocycles. The Labute approximate surface area is 173 Å². The topological polar surface area (TPSA) is 46.6 Å². The molecule has 0 aliphatic carbocycles. The Hall–Kier alpha value is -2.50. The molecule has 0 spiro atoms. The van der Waals surface area contributed by atoms with Crippen molar-refractivity contribution in [2.24, 2.45) is 0 Å². The molecule has 1 amide bonds. The van der Waals surface area contributed by atoms with Gasteiger partial charge in [0.2, 0.25) is 6.10 Å². The van der Waals surface area contributed by atoms with E-state index in [-0.39, 0.29) is 11.7 Å². The highest BCUT2D eigenvalue weighted by atomic mass is 35.5. The zero-order valence-corrected chi connectivity index (χ0v) is 17.2. The molecule has 0 N–H and O–H groups in total. The van der Waals surface area contributed by atoms with Crippen molar-refractivity contribution in [3.8, 4) is 0 Å². The van der Waals surface area contributed by atoms with E-state index in [1.54, 1.807) is 26.2 Å². The third-order valence-electron chi connectivity index (χ3n) is 4.18. The molecule has 3 aromatic rings. The minimum absolute atomic E-state index is 0.0778. The molecule has 0 aliphatic rings. The maximum atomic E-state index is 12.5. The van der Waals surface area contributed by atoms with Gasteiger partial charge in [-0.3, -0.25) is 9.59 Å². The summed E-state index contributed by atoms with van der Waals surface area (Å²) in [5.74, 6) is -0.662. The molecule has 0 heterocycles. The normalized spacial score (nSPS) is 11.8. The number of nitrogens with zero attached hydrogens (tertiary/aromatic N) is 1. The number of benzene rings is 3. The number of thioether (sulfide) groups is 1. The van der Waals surface area contributed by atoms with Crippen molar-refractivity contribution in [2.45, 2.75) is 11.0 Å². The summed E-state index contributed by atoms with van der Waals surface area (Å²) in [6.07, 6.45) is -0.958. The summed E-state index contributed by atoms with van der Waals surface area (Å²) < 4.78 is 5.54. The number of carbonyl (C=O) groups is 2. The molecule has 0 aliphatic heterocycles. The monoisotopic (exact) mass is 413 g/mol. The lowest BCUT2D eigenvalue weighted by atomic mass is 10.1. The minimum Gasteiger partial charge on any atom is -0.447 e. The third-order valence-corrected chi connectivity index (χ3v) is 5.52. The Morgan fingerprint density at radius 2 is 1.68 bits per heavy atom. The van der Waals surface area contributed by atoms with Crippen LogP contribution < -0.4 is 0 Å². The predicted molar refractivity (Wildman–Crippen MR) is 114 cm³/mol. The Bertz CT molecular complexity index is 986. The quantitative estimate of drug-likeness (QED) is 0.423. The summed E-state index contributed by atoms with van der Waals surface area (Å²) >= 11 is 7.68. The average molecular weight is 414 g/mol. The summed E-state index contributed by atoms with van der Waals surface area (Å²) in [5.41, 5.74) is 0.646. The number of carbonyl (C=O) groups excluding carboxylic acids is 2. The first-order valence-corrected chi connectivity index (χ1v) is 10.1. The average Bonchev–Trinajstić information content (AvgIpc) is 2.70. The minimum atomic E-state index is -0.958. The molecule has 0 radical (unpaired) electrons. The van der Waals surface area contributed by atoms with Crippen molar-refractivity contribution < 1.29 is 14.3 Å². The Morgan fingerprint density at radius 1 is 1.00 bits per heavy atom. The van der Waals surface area contributed by atoms with Gasteiger partial charge in [0, 0.05) is 35.0 Å². The summed E-state index contributed by atoms with van der Waals surface area (Å²) in [6.45, 7) is 0. The molecule has 0 aromatic heterocycles. The van der Waals surface area contributed by atoms with Crippen LogP contribution in [-0.4, -0.2) is 36.6 Å². The van der Waals surface area contributed by atoms with E-state index in [1.165, 1.54) is 16.7 Å². The molecule has 4 nitrogen and oxygen atoms in total. The van der Waals surface area contributed by atoms with Gasteiger partial charge in [-0.25, -0.2) is 0 Å². The van der Waals surface area contributed by atoms with Crippen LogP contribution in [0.1, 0.15) is 11.7 Å².